The first kappa shape index (κ1) is 7.62. The molecule has 1 heterocycles. The maximum absolute atomic E-state index is 5.34. The summed E-state index contributed by atoms with van der Waals surface area (Å²) in [5.41, 5.74) is 1.06. The van der Waals surface area contributed by atoms with Crippen molar-refractivity contribution in [3.05, 3.63) is 29.8 Å². The molecule has 1 aromatic rings. The first-order valence-corrected chi connectivity index (χ1v) is 4.04. The number of benzene rings is 1. The van der Waals surface area contributed by atoms with Crippen molar-refractivity contribution < 1.29 is 9.47 Å². The zero-order valence-electron chi connectivity index (χ0n) is 7.33. The summed E-state index contributed by atoms with van der Waals surface area (Å²) in [4.78, 5) is 0. The summed E-state index contributed by atoms with van der Waals surface area (Å²) < 4.78 is 10.6. The maximum Gasteiger partial charge on any atom is 0.125 e. The lowest BCUT2D eigenvalue weighted by Crippen LogP contribution is -2.04. The van der Waals surface area contributed by atoms with Crippen LogP contribution in [0.25, 0.3) is 0 Å². The van der Waals surface area contributed by atoms with Gasteiger partial charge in [-0.1, -0.05) is 18.2 Å². The SMILES string of the molecule is COc1ccccc1C1(C)CO1. The molecule has 1 aliphatic heterocycles. The Morgan fingerprint density at radius 1 is 1.42 bits per heavy atom. The lowest BCUT2D eigenvalue weighted by molar-refractivity contribution is 0.316. The molecule has 0 spiro atoms. The minimum Gasteiger partial charge on any atom is -0.496 e. The predicted molar refractivity (Wildman–Crippen MR) is 46.3 cm³/mol. The van der Waals surface area contributed by atoms with Crippen LogP contribution < -0.4 is 4.74 Å². The summed E-state index contributed by atoms with van der Waals surface area (Å²) >= 11 is 0. The van der Waals surface area contributed by atoms with E-state index < -0.39 is 0 Å². The third kappa shape index (κ3) is 1.08. The van der Waals surface area contributed by atoms with Crippen LogP contribution in [0.2, 0.25) is 0 Å². The van der Waals surface area contributed by atoms with Gasteiger partial charge in [0.25, 0.3) is 0 Å². The van der Waals surface area contributed by atoms with Gasteiger partial charge in [-0.25, -0.2) is 0 Å². The highest BCUT2D eigenvalue weighted by Crippen LogP contribution is 2.42. The molecule has 0 N–H and O–H groups in total. The number of hydrogen-bond acceptors (Lipinski definition) is 2. The number of ether oxygens (including phenoxy) is 2. The van der Waals surface area contributed by atoms with Crippen molar-refractivity contribution in [1.29, 1.82) is 0 Å². The van der Waals surface area contributed by atoms with Crippen molar-refractivity contribution in [3.63, 3.8) is 0 Å². The van der Waals surface area contributed by atoms with Gasteiger partial charge < -0.3 is 9.47 Å². The minimum atomic E-state index is -0.0907. The molecule has 0 saturated carbocycles. The zero-order chi connectivity index (χ0) is 8.60. The van der Waals surface area contributed by atoms with Gasteiger partial charge in [0.15, 0.2) is 0 Å². The number of hydrogen-bond donors (Lipinski definition) is 0. The second-order valence-corrected chi connectivity index (χ2v) is 3.22. The van der Waals surface area contributed by atoms with Gasteiger partial charge in [0, 0.05) is 5.56 Å². The van der Waals surface area contributed by atoms with Gasteiger partial charge in [-0.3, -0.25) is 0 Å². The summed E-state index contributed by atoms with van der Waals surface area (Å²) in [7, 11) is 1.69. The molecule has 0 bridgehead atoms. The monoisotopic (exact) mass is 164 g/mol. The molecule has 2 heteroatoms. The number of methoxy groups -OCH3 is 1. The fraction of sp³-hybridized carbons (Fsp3) is 0.400. The van der Waals surface area contributed by atoms with E-state index in [1.54, 1.807) is 7.11 Å². The van der Waals surface area contributed by atoms with E-state index in [-0.39, 0.29) is 5.60 Å². The van der Waals surface area contributed by atoms with Gasteiger partial charge in [-0.15, -0.1) is 0 Å². The normalized spacial score (nSPS) is 26.8. The molecular weight excluding hydrogens is 152 g/mol. The van der Waals surface area contributed by atoms with Crippen LogP contribution in [0.1, 0.15) is 12.5 Å². The van der Waals surface area contributed by atoms with Crippen LogP contribution in [0.15, 0.2) is 24.3 Å². The van der Waals surface area contributed by atoms with E-state index in [4.69, 9.17) is 9.47 Å². The van der Waals surface area contributed by atoms with E-state index in [1.807, 2.05) is 24.3 Å². The number of epoxide rings is 1. The van der Waals surface area contributed by atoms with Crippen molar-refractivity contribution >= 4 is 0 Å². The highest BCUT2D eigenvalue weighted by atomic mass is 16.6. The van der Waals surface area contributed by atoms with Gasteiger partial charge in [0.2, 0.25) is 0 Å². The molecule has 1 atom stereocenters. The topological polar surface area (TPSA) is 21.8 Å². The van der Waals surface area contributed by atoms with Crippen molar-refractivity contribution in [2.45, 2.75) is 12.5 Å². The first-order chi connectivity index (χ1) is 5.76. The van der Waals surface area contributed by atoms with Crippen LogP contribution >= 0.6 is 0 Å². The van der Waals surface area contributed by atoms with E-state index in [9.17, 15) is 0 Å². The molecule has 0 amide bonds. The summed E-state index contributed by atoms with van der Waals surface area (Å²) in [6.45, 7) is 2.87. The molecule has 1 aliphatic rings. The van der Waals surface area contributed by atoms with E-state index >= 15 is 0 Å². The second-order valence-electron chi connectivity index (χ2n) is 3.22. The van der Waals surface area contributed by atoms with Gasteiger partial charge in [0.1, 0.15) is 11.4 Å². The maximum atomic E-state index is 5.34. The Balaban J connectivity index is 2.42. The highest BCUT2D eigenvalue weighted by Gasteiger charge is 2.43. The molecule has 2 rings (SSSR count). The zero-order valence-corrected chi connectivity index (χ0v) is 7.33. The Kier molecular flexibility index (Phi) is 1.58. The molecule has 1 saturated heterocycles. The second kappa shape index (κ2) is 2.49. The standard InChI is InChI=1S/C10H12O2/c1-10(7-12-10)8-5-3-4-6-9(8)11-2/h3-6H,7H2,1-2H3. The Bertz CT molecular complexity index is 290. The molecule has 1 aromatic carbocycles. The lowest BCUT2D eigenvalue weighted by Gasteiger charge is -2.10. The van der Waals surface area contributed by atoms with E-state index in [2.05, 4.69) is 6.92 Å². The predicted octanol–water partition coefficient (Wildman–Crippen LogP) is 1.94. The summed E-state index contributed by atoms with van der Waals surface area (Å²) in [5.74, 6) is 0.914. The summed E-state index contributed by atoms with van der Waals surface area (Å²) in [6, 6.07) is 7.98. The Morgan fingerprint density at radius 3 is 2.67 bits per heavy atom. The smallest absolute Gasteiger partial charge is 0.125 e. The van der Waals surface area contributed by atoms with Crippen molar-refractivity contribution in [2.75, 3.05) is 13.7 Å². The van der Waals surface area contributed by atoms with E-state index in [0.717, 1.165) is 17.9 Å². The van der Waals surface area contributed by atoms with Crippen LogP contribution in [-0.4, -0.2) is 13.7 Å². The molecule has 12 heavy (non-hydrogen) atoms. The molecule has 64 valence electrons. The third-order valence-electron chi connectivity index (χ3n) is 2.25. The molecular formula is C10H12O2. The molecule has 0 aliphatic carbocycles. The van der Waals surface area contributed by atoms with Gasteiger partial charge in [-0.05, 0) is 13.0 Å². The van der Waals surface area contributed by atoms with Crippen LogP contribution in [0.5, 0.6) is 5.75 Å². The Morgan fingerprint density at radius 2 is 2.08 bits per heavy atom. The van der Waals surface area contributed by atoms with Crippen LogP contribution in [0, 0.1) is 0 Å². The Labute approximate surface area is 72.1 Å². The number of para-hydroxylation sites is 1. The Hall–Kier alpha value is -1.02. The van der Waals surface area contributed by atoms with E-state index in [0.29, 0.717) is 0 Å². The van der Waals surface area contributed by atoms with Gasteiger partial charge in [0.05, 0.1) is 13.7 Å². The highest BCUT2D eigenvalue weighted by molar-refractivity contribution is 5.39. The lowest BCUT2D eigenvalue weighted by atomic mass is 10.0. The molecule has 0 radical (unpaired) electrons. The molecule has 1 unspecified atom stereocenters. The molecule has 0 aromatic heterocycles. The average molecular weight is 164 g/mol. The van der Waals surface area contributed by atoms with Crippen molar-refractivity contribution in [3.8, 4) is 5.75 Å². The molecule has 2 nitrogen and oxygen atoms in total. The van der Waals surface area contributed by atoms with Crippen molar-refractivity contribution in [1.82, 2.24) is 0 Å². The average Bonchev–Trinajstić information content (AvgIpc) is 2.85. The van der Waals surface area contributed by atoms with Crippen LogP contribution in [0.4, 0.5) is 0 Å². The van der Waals surface area contributed by atoms with Crippen LogP contribution in [0.3, 0.4) is 0 Å². The van der Waals surface area contributed by atoms with Gasteiger partial charge >= 0.3 is 0 Å². The van der Waals surface area contributed by atoms with E-state index in [1.165, 1.54) is 0 Å². The number of rotatable bonds is 2. The fourth-order valence-electron chi connectivity index (χ4n) is 1.35. The van der Waals surface area contributed by atoms with Gasteiger partial charge in [-0.2, -0.15) is 0 Å². The third-order valence-corrected chi connectivity index (χ3v) is 2.25. The minimum absolute atomic E-state index is 0.0907. The quantitative estimate of drug-likeness (QED) is 0.623. The first-order valence-electron chi connectivity index (χ1n) is 4.04. The summed E-state index contributed by atoms with van der Waals surface area (Å²) in [5, 5.41) is 0. The summed E-state index contributed by atoms with van der Waals surface area (Å²) in [6.07, 6.45) is 0. The van der Waals surface area contributed by atoms with Crippen molar-refractivity contribution in [2.24, 2.45) is 0 Å². The largest absolute Gasteiger partial charge is 0.496 e. The fourth-order valence-corrected chi connectivity index (χ4v) is 1.35. The molecule has 1 fully saturated rings. The van der Waals surface area contributed by atoms with Crippen LogP contribution in [-0.2, 0) is 10.3 Å².